The van der Waals surface area contributed by atoms with E-state index in [4.69, 9.17) is 13.8 Å². The number of benzene rings is 4. The number of hydrogen-bond donors (Lipinski definition) is 7. The van der Waals surface area contributed by atoms with Crippen molar-refractivity contribution in [1.82, 2.24) is 15.0 Å². The Labute approximate surface area is 317 Å². The Morgan fingerprint density at radius 2 is 1.21 bits per heavy atom. The summed E-state index contributed by atoms with van der Waals surface area (Å²) >= 11 is 0. The van der Waals surface area contributed by atoms with E-state index in [2.05, 4.69) is 51.4 Å². The number of carbonyl (C=O) groups is 2. The van der Waals surface area contributed by atoms with Gasteiger partial charge in [0.25, 0.3) is 20.2 Å². The molecule has 23 heteroatoms. The molecule has 0 aliphatic rings. The van der Waals surface area contributed by atoms with Gasteiger partial charge in [0.05, 0.1) is 45.9 Å². The quantitative estimate of drug-likeness (QED) is 0.0416. The number of aromatic nitrogens is 3. The van der Waals surface area contributed by atoms with Gasteiger partial charge >= 0.3 is 11.9 Å². The maximum atomic E-state index is 11.4. The van der Waals surface area contributed by atoms with Gasteiger partial charge in [-0.3, -0.25) is 9.11 Å². The van der Waals surface area contributed by atoms with Crippen LogP contribution in [0.3, 0.4) is 0 Å². The van der Waals surface area contributed by atoms with Crippen molar-refractivity contribution < 1.29 is 50.5 Å². The Kier molecular flexibility index (Phi) is 12.2. The minimum Gasteiger partial charge on any atom is -0.494 e. The maximum absolute atomic E-state index is 11.4. The number of aromatic carboxylic acids is 2. The number of nitrogens with zero attached hydrogens (tertiary/aromatic N) is 7. The minimum absolute atomic E-state index is 0.00123. The second kappa shape index (κ2) is 17.0. The predicted octanol–water partition coefficient (Wildman–Crippen LogP) is 6.45. The normalized spacial score (nSPS) is 11.8. The molecule has 0 aliphatic heterocycles. The highest BCUT2D eigenvalue weighted by Crippen LogP contribution is 2.33. The number of carboxylic acids is 2. The first-order valence-electron chi connectivity index (χ1n) is 15.8. The molecule has 0 amide bonds. The van der Waals surface area contributed by atoms with E-state index < -0.39 is 37.9 Å². The maximum Gasteiger partial charge on any atom is 0.335 e. The van der Waals surface area contributed by atoms with Gasteiger partial charge in [-0.2, -0.15) is 47.1 Å². The fraction of sp³-hybridized carbons (Fsp3) is 0.121. The van der Waals surface area contributed by atoms with Crippen LogP contribution < -0.4 is 20.7 Å². The highest BCUT2D eigenvalue weighted by atomic mass is 32.2. The van der Waals surface area contributed by atoms with Crippen LogP contribution in [0.1, 0.15) is 26.3 Å². The summed E-state index contributed by atoms with van der Waals surface area (Å²) in [6, 6.07) is 18.1. The van der Waals surface area contributed by atoms with Crippen LogP contribution in [0, 0.1) is 6.92 Å². The molecule has 0 bridgehead atoms. The summed E-state index contributed by atoms with van der Waals surface area (Å²) in [4.78, 5) is 35.5. The number of rotatable bonds is 16. The molecule has 0 aliphatic carbocycles. The lowest BCUT2D eigenvalue weighted by Crippen LogP contribution is -2.17. The number of aryl methyl sites for hydroxylation is 1. The van der Waals surface area contributed by atoms with Crippen LogP contribution in [-0.2, 0) is 20.2 Å². The van der Waals surface area contributed by atoms with Gasteiger partial charge in [-0.1, -0.05) is 0 Å². The average molecular weight is 807 g/mol. The third-order valence-electron chi connectivity index (χ3n) is 7.26. The number of anilines is 5. The van der Waals surface area contributed by atoms with E-state index >= 15 is 0 Å². The van der Waals surface area contributed by atoms with Crippen LogP contribution in [-0.4, -0.2) is 82.5 Å². The molecular formula is C33H30N10O11S2. The van der Waals surface area contributed by atoms with Crippen LogP contribution in [0.15, 0.2) is 104 Å². The zero-order valence-corrected chi connectivity index (χ0v) is 30.6. The molecule has 0 radical (unpaired) electrons. The van der Waals surface area contributed by atoms with Gasteiger partial charge in [0.1, 0.15) is 11.4 Å². The molecule has 0 fully saturated rings. The SMILES string of the molecule is COc1cc(Nc2nc(NCCS(=O)(=O)O)nc(Nc3ccc(N=Nc4cc(C(=O)O)cc(C(=O)O)c4)c(C)c3)n2)ccc1N=Nc1ccc(S(=O)(=O)O)cc1. The molecule has 0 spiro atoms. The van der Waals surface area contributed by atoms with Crippen molar-refractivity contribution in [2.24, 2.45) is 20.5 Å². The first-order chi connectivity index (χ1) is 26.4. The Morgan fingerprint density at radius 1 is 0.679 bits per heavy atom. The van der Waals surface area contributed by atoms with Gasteiger partial charge in [-0.05, 0) is 85.3 Å². The molecule has 5 aromatic rings. The minimum atomic E-state index is -4.37. The molecule has 1 aromatic heterocycles. The van der Waals surface area contributed by atoms with Crippen molar-refractivity contribution in [3.05, 3.63) is 95.6 Å². The molecule has 290 valence electrons. The Morgan fingerprint density at radius 3 is 1.75 bits per heavy atom. The lowest BCUT2D eigenvalue weighted by Gasteiger charge is -2.13. The van der Waals surface area contributed by atoms with E-state index in [1.54, 1.807) is 43.3 Å². The monoisotopic (exact) mass is 806 g/mol. The molecule has 0 saturated carbocycles. The molecule has 5 rings (SSSR count). The summed E-state index contributed by atoms with van der Waals surface area (Å²) in [5.74, 6) is -3.06. The predicted molar refractivity (Wildman–Crippen MR) is 200 cm³/mol. The number of hydrogen-bond acceptors (Lipinski definition) is 17. The zero-order chi connectivity index (χ0) is 40.6. The third kappa shape index (κ3) is 11.3. The zero-order valence-electron chi connectivity index (χ0n) is 29.0. The first-order valence-corrected chi connectivity index (χ1v) is 18.8. The summed E-state index contributed by atoms with van der Waals surface area (Å²) in [6.07, 6.45) is 0. The van der Waals surface area contributed by atoms with E-state index in [-0.39, 0.29) is 51.8 Å². The van der Waals surface area contributed by atoms with Crippen molar-refractivity contribution in [2.75, 3.05) is 35.4 Å². The van der Waals surface area contributed by atoms with Gasteiger partial charge in [-0.15, -0.1) is 5.11 Å². The lowest BCUT2D eigenvalue weighted by molar-refractivity contribution is 0.0696. The number of carboxylic acid groups (broad SMARTS) is 2. The molecule has 0 unspecified atom stereocenters. The van der Waals surface area contributed by atoms with Crippen molar-refractivity contribution >= 4 is 84.1 Å². The summed E-state index contributed by atoms with van der Waals surface area (Å²) < 4.78 is 69.0. The van der Waals surface area contributed by atoms with Gasteiger partial charge < -0.3 is 30.9 Å². The van der Waals surface area contributed by atoms with Crippen LogP contribution in [0.5, 0.6) is 5.75 Å². The molecular weight excluding hydrogens is 777 g/mol. The van der Waals surface area contributed by atoms with Gasteiger partial charge in [0.15, 0.2) is 0 Å². The highest BCUT2D eigenvalue weighted by Gasteiger charge is 2.14. The molecule has 1 heterocycles. The van der Waals surface area contributed by atoms with Crippen molar-refractivity contribution in [2.45, 2.75) is 11.8 Å². The van der Waals surface area contributed by atoms with Crippen molar-refractivity contribution in [3.63, 3.8) is 0 Å². The fourth-order valence-corrected chi connectivity index (χ4v) is 5.46. The Bertz CT molecular complexity index is 2560. The molecule has 21 nitrogen and oxygen atoms in total. The van der Waals surface area contributed by atoms with Crippen LogP contribution >= 0.6 is 0 Å². The van der Waals surface area contributed by atoms with Crippen LogP contribution in [0.4, 0.5) is 52.0 Å². The Hall–Kier alpha value is -6.95. The van der Waals surface area contributed by atoms with Crippen LogP contribution in [0.25, 0.3) is 0 Å². The van der Waals surface area contributed by atoms with Gasteiger partial charge in [0, 0.05) is 24.0 Å². The Balaban J connectivity index is 1.37. The number of ether oxygens (including phenoxy) is 1. The van der Waals surface area contributed by atoms with E-state index in [9.17, 15) is 36.6 Å². The summed E-state index contributed by atoms with van der Waals surface area (Å²) in [7, 11) is -7.26. The lowest BCUT2D eigenvalue weighted by atomic mass is 10.1. The second-order valence-electron chi connectivity index (χ2n) is 11.4. The molecule has 4 aromatic carbocycles. The highest BCUT2D eigenvalue weighted by molar-refractivity contribution is 7.86. The number of azo groups is 2. The molecule has 7 N–H and O–H groups in total. The average Bonchev–Trinajstić information content (AvgIpc) is 3.13. The van der Waals surface area contributed by atoms with E-state index in [0.717, 1.165) is 6.07 Å². The summed E-state index contributed by atoms with van der Waals surface area (Å²) in [5.41, 5.74) is 1.98. The number of methoxy groups -OCH3 is 1. The summed E-state index contributed by atoms with van der Waals surface area (Å²) in [5, 5.41) is 43.8. The largest absolute Gasteiger partial charge is 0.494 e. The van der Waals surface area contributed by atoms with Crippen molar-refractivity contribution in [1.29, 1.82) is 0 Å². The number of nitrogens with one attached hydrogen (secondary N) is 3. The fourth-order valence-electron chi connectivity index (χ4n) is 4.62. The van der Waals surface area contributed by atoms with Gasteiger partial charge in [-0.25, -0.2) is 9.59 Å². The van der Waals surface area contributed by atoms with Crippen molar-refractivity contribution in [3.8, 4) is 5.75 Å². The van der Waals surface area contributed by atoms with E-state index in [0.29, 0.717) is 34.0 Å². The molecule has 0 atom stereocenters. The second-order valence-corrected chi connectivity index (χ2v) is 14.4. The van der Waals surface area contributed by atoms with Crippen LogP contribution in [0.2, 0.25) is 0 Å². The van der Waals surface area contributed by atoms with Gasteiger partial charge in [0.2, 0.25) is 17.8 Å². The molecule has 0 saturated heterocycles. The first kappa shape index (κ1) is 40.2. The summed E-state index contributed by atoms with van der Waals surface area (Å²) in [6.45, 7) is 1.48. The standard InChI is InChI=1S/C33H30N10O11S2/c1-18-13-22(5-9-26(18)42-41-24-15-19(29(44)45)14-20(16-24)30(46)47)35-32-37-31(34-11-12-55(48,49)50)38-33(39-32)36-23-6-10-27(28(17-23)54-2)43-40-21-3-7-25(8-4-21)56(51,52)53/h3-10,13-17H,11-12H2,1-2H3,(H,44,45)(H,46,47)(H,48,49,50)(H,51,52,53)(H3,34,35,36,37,38,39). The smallest absolute Gasteiger partial charge is 0.335 e. The topological polar surface area (TPSA) is 317 Å². The third-order valence-corrected chi connectivity index (χ3v) is 8.85. The van der Waals surface area contributed by atoms with E-state index in [1.165, 1.54) is 43.5 Å². The van der Waals surface area contributed by atoms with E-state index in [1.807, 2.05) is 0 Å². The molecule has 56 heavy (non-hydrogen) atoms.